The highest BCUT2D eigenvalue weighted by Gasteiger charge is 2.06. The molecule has 0 aliphatic rings. The molecule has 0 saturated carbocycles. The summed E-state index contributed by atoms with van der Waals surface area (Å²) in [5, 5.41) is 1.25. The number of hydrogen-bond donors (Lipinski definition) is 1. The lowest BCUT2D eigenvalue weighted by molar-refractivity contribution is 0.636. The van der Waals surface area contributed by atoms with Crippen LogP contribution in [0, 0.1) is 5.92 Å². The van der Waals surface area contributed by atoms with Crippen LogP contribution in [0.2, 0.25) is 5.02 Å². The highest BCUT2D eigenvalue weighted by atomic mass is 35.5. The number of hydrogen-bond acceptors (Lipinski definition) is 1. The van der Waals surface area contributed by atoms with E-state index in [0.717, 1.165) is 17.6 Å². The molecule has 84 valence electrons. The number of rotatable bonds is 2. The van der Waals surface area contributed by atoms with Gasteiger partial charge in [-0.05, 0) is 24.5 Å². The van der Waals surface area contributed by atoms with E-state index in [1.54, 1.807) is 24.3 Å². The van der Waals surface area contributed by atoms with Crippen LogP contribution in [0.15, 0.2) is 29.1 Å². The molecule has 1 N–H and O–H groups in total. The minimum atomic E-state index is 0.0342. The van der Waals surface area contributed by atoms with Gasteiger partial charge in [-0.15, -0.1) is 0 Å². The lowest BCUT2D eigenvalue weighted by atomic mass is 10.1. The summed E-state index contributed by atoms with van der Waals surface area (Å²) in [5.74, 6) is 0.510. The van der Waals surface area contributed by atoms with Gasteiger partial charge in [-0.2, -0.15) is 0 Å². The molecule has 2 rings (SSSR count). The van der Waals surface area contributed by atoms with Crippen LogP contribution in [0.1, 0.15) is 19.5 Å². The molecule has 3 heteroatoms. The predicted molar refractivity (Wildman–Crippen MR) is 68.1 cm³/mol. The molecule has 1 heterocycles. The smallest absolute Gasteiger partial charge is 0.189 e. The van der Waals surface area contributed by atoms with Gasteiger partial charge in [-0.25, -0.2) is 0 Å². The Balaban J connectivity index is 2.66. The van der Waals surface area contributed by atoms with Gasteiger partial charge in [0.25, 0.3) is 0 Å². The number of nitrogens with one attached hydrogen (secondary N) is 1. The third-order valence-electron chi connectivity index (χ3n) is 2.50. The Bertz CT molecular complexity index is 572. The highest BCUT2D eigenvalue weighted by molar-refractivity contribution is 6.35. The van der Waals surface area contributed by atoms with E-state index in [2.05, 4.69) is 18.8 Å². The van der Waals surface area contributed by atoms with Crippen molar-refractivity contribution in [2.24, 2.45) is 5.92 Å². The van der Waals surface area contributed by atoms with Crippen molar-refractivity contribution < 1.29 is 0 Å². The van der Waals surface area contributed by atoms with Gasteiger partial charge in [0.15, 0.2) is 5.43 Å². The van der Waals surface area contributed by atoms with Crippen LogP contribution in [0.3, 0.4) is 0 Å². The third kappa shape index (κ3) is 2.12. The lowest BCUT2D eigenvalue weighted by Gasteiger charge is -2.07. The van der Waals surface area contributed by atoms with E-state index < -0.39 is 0 Å². The second-order valence-electron chi connectivity index (χ2n) is 4.42. The summed E-state index contributed by atoms with van der Waals surface area (Å²) >= 11 is 6.07. The normalized spacial score (nSPS) is 11.2. The summed E-state index contributed by atoms with van der Waals surface area (Å²) in [7, 11) is 0. The molecule has 16 heavy (non-hydrogen) atoms. The van der Waals surface area contributed by atoms with Crippen LogP contribution in [0.4, 0.5) is 0 Å². The molecule has 1 aromatic heterocycles. The van der Waals surface area contributed by atoms with Crippen LogP contribution in [0.25, 0.3) is 10.9 Å². The Morgan fingerprint density at radius 1 is 1.38 bits per heavy atom. The van der Waals surface area contributed by atoms with E-state index in [9.17, 15) is 4.79 Å². The van der Waals surface area contributed by atoms with Gasteiger partial charge in [0.05, 0.1) is 10.5 Å². The fourth-order valence-corrected chi connectivity index (χ4v) is 2.06. The minimum Gasteiger partial charge on any atom is -0.357 e. The summed E-state index contributed by atoms with van der Waals surface area (Å²) in [4.78, 5) is 15.1. The summed E-state index contributed by atoms with van der Waals surface area (Å²) in [6.07, 6.45) is 0.858. The molecule has 2 aromatic rings. The Morgan fingerprint density at radius 3 is 2.81 bits per heavy atom. The van der Waals surface area contributed by atoms with E-state index in [1.807, 2.05) is 0 Å². The maximum Gasteiger partial charge on any atom is 0.189 e. The van der Waals surface area contributed by atoms with E-state index in [1.165, 1.54) is 0 Å². The van der Waals surface area contributed by atoms with Gasteiger partial charge in [-0.3, -0.25) is 4.79 Å². The van der Waals surface area contributed by atoms with Gasteiger partial charge in [0.2, 0.25) is 0 Å². The zero-order valence-corrected chi connectivity index (χ0v) is 10.1. The molecular weight excluding hydrogens is 222 g/mol. The summed E-state index contributed by atoms with van der Waals surface area (Å²) in [6.45, 7) is 4.24. The van der Waals surface area contributed by atoms with Crippen molar-refractivity contribution in [2.45, 2.75) is 20.3 Å². The van der Waals surface area contributed by atoms with Gasteiger partial charge < -0.3 is 4.98 Å². The lowest BCUT2D eigenvalue weighted by Crippen LogP contribution is -2.07. The number of H-pyrrole nitrogens is 1. The topological polar surface area (TPSA) is 32.9 Å². The Kier molecular flexibility index (Phi) is 3.01. The molecule has 0 radical (unpaired) electrons. The van der Waals surface area contributed by atoms with Crippen molar-refractivity contribution in [3.05, 3.63) is 45.2 Å². The van der Waals surface area contributed by atoms with Gasteiger partial charge >= 0.3 is 0 Å². The van der Waals surface area contributed by atoms with Gasteiger partial charge in [-0.1, -0.05) is 31.5 Å². The molecule has 0 aliphatic heterocycles. The second kappa shape index (κ2) is 4.30. The molecule has 2 nitrogen and oxygen atoms in total. The van der Waals surface area contributed by atoms with Crippen LogP contribution in [-0.4, -0.2) is 4.98 Å². The van der Waals surface area contributed by atoms with E-state index in [4.69, 9.17) is 11.6 Å². The standard InChI is InChI=1S/C13H14ClNO/c1-8(2)6-9-7-12(16)10-4-3-5-11(14)13(10)15-9/h3-5,7-8H,6H2,1-2H3,(H,15,16). The van der Waals surface area contributed by atoms with Gasteiger partial charge in [0, 0.05) is 17.1 Å². The van der Waals surface area contributed by atoms with Crippen molar-refractivity contribution >= 4 is 22.5 Å². The summed E-state index contributed by atoms with van der Waals surface area (Å²) in [6, 6.07) is 7.04. The molecule has 0 amide bonds. The van der Waals surface area contributed by atoms with Crippen molar-refractivity contribution in [3.8, 4) is 0 Å². The number of fused-ring (bicyclic) bond motifs is 1. The maximum absolute atomic E-state index is 11.9. The average molecular weight is 236 g/mol. The molecule has 0 fully saturated rings. The fraction of sp³-hybridized carbons (Fsp3) is 0.308. The molecular formula is C13H14ClNO. The number of para-hydroxylation sites is 1. The first-order valence-electron chi connectivity index (χ1n) is 5.38. The SMILES string of the molecule is CC(C)Cc1cc(=O)c2cccc(Cl)c2[nH]1. The zero-order chi connectivity index (χ0) is 11.7. The molecule has 0 aliphatic carbocycles. The predicted octanol–water partition coefficient (Wildman–Crippen LogP) is 3.38. The number of benzene rings is 1. The molecule has 0 bridgehead atoms. The van der Waals surface area contributed by atoms with Crippen molar-refractivity contribution in [2.75, 3.05) is 0 Å². The quantitative estimate of drug-likeness (QED) is 0.851. The molecule has 1 aromatic carbocycles. The van der Waals surface area contributed by atoms with Crippen molar-refractivity contribution in [1.29, 1.82) is 0 Å². The van der Waals surface area contributed by atoms with Crippen LogP contribution in [-0.2, 0) is 6.42 Å². The Hall–Kier alpha value is -1.28. The van der Waals surface area contributed by atoms with E-state index in [-0.39, 0.29) is 5.43 Å². The number of aromatic nitrogens is 1. The monoisotopic (exact) mass is 235 g/mol. The third-order valence-corrected chi connectivity index (χ3v) is 2.81. The molecule has 0 unspecified atom stereocenters. The highest BCUT2D eigenvalue weighted by Crippen LogP contribution is 2.19. The molecule has 0 atom stereocenters. The zero-order valence-electron chi connectivity index (χ0n) is 9.38. The first kappa shape index (κ1) is 11.2. The molecule has 0 spiro atoms. The Morgan fingerprint density at radius 2 is 2.12 bits per heavy atom. The van der Waals surface area contributed by atoms with E-state index in [0.29, 0.717) is 16.3 Å². The van der Waals surface area contributed by atoms with Crippen molar-refractivity contribution in [3.63, 3.8) is 0 Å². The first-order valence-corrected chi connectivity index (χ1v) is 5.76. The summed E-state index contributed by atoms with van der Waals surface area (Å²) in [5.41, 5.74) is 1.72. The largest absolute Gasteiger partial charge is 0.357 e. The van der Waals surface area contributed by atoms with Crippen LogP contribution >= 0.6 is 11.6 Å². The van der Waals surface area contributed by atoms with Crippen LogP contribution < -0.4 is 5.43 Å². The second-order valence-corrected chi connectivity index (χ2v) is 4.83. The fourth-order valence-electron chi connectivity index (χ4n) is 1.84. The average Bonchev–Trinajstić information content (AvgIpc) is 2.19. The first-order chi connectivity index (χ1) is 7.58. The number of aromatic amines is 1. The maximum atomic E-state index is 11.9. The van der Waals surface area contributed by atoms with Crippen molar-refractivity contribution in [1.82, 2.24) is 4.98 Å². The van der Waals surface area contributed by atoms with Gasteiger partial charge in [0.1, 0.15) is 0 Å². The molecule has 0 saturated heterocycles. The number of pyridine rings is 1. The summed E-state index contributed by atoms with van der Waals surface area (Å²) < 4.78 is 0. The number of halogens is 1. The van der Waals surface area contributed by atoms with E-state index >= 15 is 0 Å². The minimum absolute atomic E-state index is 0.0342. The Labute approximate surface area is 99.3 Å². The van der Waals surface area contributed by atoms with Crippen LogP contribution in [0.5, 0.6) is 0 Å².